The number of rotatable bonds is 5. The van der Waals surface area contributed by atoms with Crippen LogP contribution >= 0.6 is 0 Å². The van der Waals surface area contributed by atoms with Gasteiger partial charge in [0.2, 0.25) is 5.65 Å². The van der Waals surface area contributed by atoms with E-state index in [1.807, 2.05) is 32.0 Å². The van der Waals surface area contributed by atoms with Crippen LogP contribution in [0.15, 0.2) is 27.8 Å². The third kappa shape index (κ3) is 3.21. The van der Waals surface area contributed by atoms with Crippen molar-refractivity contribution >= 4 is 17.1 Å². The molecule has 0 atom stereocenters. The standard InChI is InChI=1S/C17H19N5O5/c1-10-7-11(2)9-12(8-10)27-6-5-21-14-13(18-16(21)22(25)26)15(23)20(4)17(24)19(14)3/h7-9H,5-6H2,1-4H3. The summed E-state index contributed by atoms with van der Waals surface area (Å²) in [4.78, 5) is 39.0. The zero-order valence-electron chi connectivity index (χ0n) is 15.4. The molecule has 0 unspecified atom stereocenters. The highest BCUT2D eigenvalue weighted by Crippen LogP contribution is 2.19. The number of nitro groups is 1. The van der Waals surface area contributed by atoms with E-state index in [0.29, 0.717) is 5.75 Å². The van der Waals surface area contributed by atoms with Gasteiger partial charge < -0.3 is 14.9 Å². The molecular formula is C17H19N5O5. The van der Waals surface area contributed by atoms with Crippen molar-refractivity contribution in [2.75, 3.05) is 6.61 Å². The molecule has 3 aromatic rings. The van der Waals surface area contributed by atoms with Crippen LogP contribution in [0, 0.1) is 24.0 Å². The molecule has 0 saturated carbocycles. The Morgan fingerprint density at radius 2 is 1.74 bits per heavy atom. The van der Waals surface area contributed by atoms with Crippen LogP contribution in [0.2, 0.25) is 0 Å². The van der Waals surface area contributed by atoms with Crippen LogP contribution in [-0.4, -0.2) is 30.2 Å². The minimum atomic E-state index is -0.680. The van der Waals surface area contributed by atoms with Gasteiger partial charge in [-0.25, -0.2) is 9.36 Å². The Labute approximate surface area is 153 Å². The third-order valence-electron chi connectivity index (χ3n) is 4.26. The van der Waals surface area contributed by atoms with Crippen molar-refractivity contribution in [3.63, 3.8) is 0 Å². The number of imidazole rings is 1. The van der Waals surface area contributed by atoms with E-state index >= 15 is 0 Å². The van der Waals surface area contributed by atoms with Crippen molar-refractivity contribution in [1.82, 2.24) is 18.7 Å². The first-order valence-corrected chi connectivity index (χ1v) is 8.22. The van der Waals surface area contributed by atoms with Crippen molar-refractivity contribution < 1.29 is 9.66 Å². The van der Waals surface area contributed by atoms with Crippen LogP contribution in [0.4, 0.5) is 5.95 Å². The Kier molecular flexibility index (Phi) is 4.56. The largest absolute Gasteiger partial charge is 0.490 e. The van der Waals surface area contributed by atoms with Crippen molar-refractivity contribution in [2.24, 2.45) is 14.1 Å². The summed E-state index contributed by atoms with van der Waals surface area (Å²) in [6.45, 7) is 4.05. The number of aryl methyl sites for hydroxylation is 3. The summed E-state index contributed by atoms with van der Waals surface area (Å²) in [6, 6.07) is 5.73. The minimum absolute atomic E-state index is 0.0558. The lowest BCUT2D eigenvalue weighted by molar-refractivity contribution is -0.396. The molecule has 0 radical (unpaired) electrons. The molecule has 0 aliphatic heterocycles. The summed E-state index contributed by atoms with van der Waals surface area (Å²) in [6.07, 6.45) is 0. The van der Waals surface area contributed by atoms with E-state index in [0.717, 1.165) is 15.7 Å². The molecule has 142 valence electrons. The Balaban J connectivity index is 2.02. The monoisotopic (exact) mass is 373 g/mol. The molecule has 10 heteroatoms. The quantitative estimate of drug-likeness (QED) is 0.488. The number of hydrogen-bond donors (Lipinski definition) is 0. The topological polar surface area (TPSA) is 114 Å². The first kappa shape index (κ1) is 18.4. The Morgan fingerprint density at radius 1 is 1.11 bits per heavy atom. The van der Waals surface area contributed by atoms with Gasteiger partial charge in [-0.3, -0.25) is 13.9 Å². The Hall–Kier alpha value is -3.43. The number of hydrogen-bond acceptors (Lipinski definition) is 6. The zero-order valence-corrected chi connectivity index (χ0v) is 15.4. The fourth-order valence-corrected chi connectivity index (χ4v) is 3.09. The average Bonchev–Trinajstić information content (AvgIpc) is 2.97. The highest BCUT2D eigenvalue weighted by molar-refractivity contribution is 5.72. The third-order valence-corrected chi connectivity index (χ3v) is 4.26. The lowest BCUT2D eigenvalue weighted by Gasteiger charge is -2.09. The van der Waals surface area contributed by atoms with Gasteiger partial charge in [0.1, 0.15) is 18.9 Å². The smallest absolute Gasteiger partial charge is 0.437 e. The van der Waals surface area contributed by atoms with Crippen molar-refractivity contribution in [3.8, 4) is 5.75 Å². The molecule has 0 bridgehead atoms. The molecule has 2 heterocycles. The van der Waals surface area contributed by atoms with E-state index in [2.05, 4.69) is 4.98 Å². The van der Waals surface area contributed by atoms with E-state index in [1.165, 1.54) is 23.2 Å². The van der Waals surface area contributed by atoms with Crippen molar-refractivity contribution in [1.29, 1.82) is 0 Å². The average molecular weight is 373 g/mol. The second kappa shape index (κ2) is 6.71. The van der Waals surface area contributed by atoms with Gasteiger partial charge in [0.05, 0.1) is 0 Å². The van der Waals surface area contributed by atoms with E-state index in [-0.39, 0.29) is 24.3 Å². The predicted molar refractivity (Wildman–Crippen MR) is 98.3 cm³/mol. The van der Waals surface area contributed by atoms with Crippen molar-refractivity contribution in [3.05, 3.63) is 60.3 Å². The number of fused-ring (bicyclic) bond motifs is 1. The molecule has 0 fully saturated rings. The van der Waals surface area contributed by atoms with Gasteiger partial charge in [0.15, 0.2) is 0 Å². The number of ether oxygens (including phenoxy) is 1. The number of nitrogens with zero attached hydrogens (tertiary/aromatic N) is 5. The van der Waals surface area contributed by atoms with Crippen molar-refractivity contribution in [2.45, 2.75) is 20.4 Å². The van der Waals surface area contributed by atoms with Gasteiger partial charge in [-0.2, -0.15) is 0 Å². The molecule has 27 heavy (non-hydrogen) atoms. The molecule has 2 aromatic heterocycles. The highest BCUT2D eigenvalue weighted by Gasteiger charge is 2.27. The SMILES string of the molecule is Cc1cc(C)cc(OCCn2c([N+](=O)[O-])nc3c(=O)n(C)c(=O)n(C)c32)c1. The van der Waals surface area contributed by atoms with Gasteiger partial charge in [-0.15, -0.1) is 0 Å². The molecule has 0 saturated heterocycles. The number of benzene rings is 1. The van der Waals surface area contributed by atoms with Gasteiger partial charge in [-0.1, -0.05) is 11.1 Å². The van der Waals surface area contributed by atoms with Gasteiger partial charge in [0, 0.05) is 14.1 Å². The van der Waals surface area contributed by atoms with Crippen LogP contribution in [0.25, 0.3) is 11.2 Å². The fraction of sp³-hybridized carbons (Fsp3) is 0.353. The van der Waals surface area contributed by atoms with Gasteiger partial charge >= 0.3 is 17.2 Å². The first-order chi connectivity index (χ1) is 12.7. The molecule has 3 rings (SSSR count). The first-order valence-electron chi connectivity index (χ1n) is 8.22. The summed E-state index contributed by atoms with van der Waals surface area (Å²) in [7, 11) is 2.74. The Morgan fingerprint density at radius 3 is 2.33 bits per heavy atom. The molecule has 0 aliphatic rings. The molecule has 10 nitrogen and oxygen atoms in total. The van der Waals surface area contributed by atoms with Crippen LogP contribution in [0.5, 0.6) is 5.75 Å². The van der Waals surface area contributed by atoms with Gasteiger partial charge in [0.25, 0.3) is 5.52 Å². The lowest BCUT2D eigenvalue weighted by atomic mass is 10.1. The zero-order chi connectivity index (χ0) is 19.9. The summed E-state index contributed by atoms with van der Waals surface area (Å²) >= 11 is 0. The second-order valence-corrected chi connectivity index (χ2v) is 6.37. The molecule has 0 amide bonds. The molecule has 0 spiro atoms. The molecular weight excluding hydrogens is 354 g/mol. The van der Waals surface area contributed by atoms with E-state index in [9.17, 15) is 19.7 Å². The normalized spacial score (nSPS) is 11.1. The molecule has 0 aliphatic carbocycles. The van der Waals surface area contributed by atoms with Crippen LogP contribution in [-0.2, 0) is 20.6 Å². The maximum absolute atomic E-state index is 12.3. The second-order valence-electron chi connectivity index (χ2n) is 6.37. The van der Waals surface area contributed by atoms with Crippen LogP contribution in [0.3, 0.4) is 0 Å². The summed E-state index contributed by atoms with van der Waals surface area (Å²) in [5.74, 6) is 0.136. The predicted octanol–water partition coefficient (Wildman–Crippen LogP) is 1.04. The molecule has 1 aromatic carbocycles. The van der Waals surface area contributed by atoms with Crippen LogP contribution < -0.4 is 16.0 Å². The summed E-state index contributed by atoms with van der Waals surface area (Å²) in [5.41, 5.74) is 0.783. The van der Waals surface area contributed by atoms with E-state index < -0.39 is 22.1 Å². The fourth-order valence-electron chi connectivity index (χ4n) is 3.09. The van der Waals surface area contributed by atoms with Gasteiger partial charge in [-0.05, 0) is 42.0 Å². The minimum Gasteiger partial charge on any atom is -0.490 e. The summed E-state index contributed by atoms with van der Waals surface area (Å²) < 4.78 is 8.97. The molecule has 0 N–H and O–H groups in total. The lowest BCUT2D eigenvalue weighted by Crippen LogP contribution is -2.37. The maximum atomic E-state index is 12.3. The maximum Gasteiger partial charge on any atom is 0.437 e. The van der Waals surface area contributed by atoms with Crippen LogP contribution in [0.1, 0.15) is 11.1 Å². The summed E-state index contributed by atoms with van der Waals surface area (Å²) in [5, 5.41) is 11.4. The van der Waals surface area contributed by atoms with E-state index in [1.54, 1.807) is 0 Å². The van der Waals surface area contributed by atoms with E-state index in [4.69, 9.17) is 4.74 Å². The highest BCUT2D eigenvalue weighted by atomic mass is 16.6. The number of aromatic nitrogens is 4. The Bertz CT molecular complexity index is 1150.